The average Bonchev–Trinajstić information content (AvgIpc) is 2.55. The Bertz CT molecular complexity index is 774. The monoisotopic (exact) mass is 456 g/mol. The van der Waals surface area contributed by atoms with Gasteiger partial charge < -0.3 is 14.2 Å². The van der Waals surface area contributed by atoms with Crippen LogP contribution in [0.15, 0.2) is 45.3 Å². The fourth-order valence-corrected chi connectivity index (χ4v) is 2.76. The van der Waals surface area contributed by atoms with Crippen molar-refractivity contribution in [3.8, 4) is 11.5 Å². The highest BCUT2D eigenvalue weighted by molar-refractivity contribution is 9.10. The number of hydrogen-bond donors (Lipinski definition) is 0. The maximum atomic E-state index is 12.0. The van der Waals surface area contributed by atoms with Gasteiger partial charge in [-0.3, -0.25) is 0 Å². The first-order valence-corrected chi connectivity index (χ1v) is 8.47. The summed E-state index contributed by atoms with van der Waals surface area (Å²) in [6.07, 6.45) is 0. The van der Waals surface area contributed by atoms with Gasteiger partial charge in [0.25, 0.3) is 0 Å². The van der Waals surface area contributed by atoms with Crippen LogP contribution in [-0.4, -0.2) is 25.7 Å². The second-order valence-corrected chi connectivity index (χ2v) is 6.64. The first kappa shape index (κ1) is 18.5. The van der Waals surface area contributed by atoms with E-state index in [-0.39, 0.29) is 17.9 Å². The highest BCUT2D eigenvalue weighted by Crippen LogP contribution is 2.25. The number of carbonyl (C=O) groups excluding carboxylic acids is 2. The van der Waals surface area contributed by atoms with E-state index in [0.717, 1.165) is 10.0 Å². The number of benzene rings is 2. The van der Waals surface area contributed by atoms with E-state index in [0.29, 0.717) is 10.2 Å². The van der Waals surface area contributed by atoms with E-state index in [1.54, 1.807) is 12.1 Å². The van der Waals surface area contributed by atoms with E-state index in [4.69, 9.17) is 9.47 Å². The minimum atomic E-state index is -0.621. The lowest BCUT2D eigenvalue weighted by atomic mass is 10.2. The molecule has 0 spiro atoms. The summed E-state index contributed by atoms with van der Waals surface area (Å²) in [4.78, 5) is 23.7. The molecule has 0 aliphatic heterocycles. The second kappa shape index (κ2) is 8.30. The van der Waals surface area contributed by atoms with Crippen LogP contribution in [0.5, 0.6) is 11.5 Å². The summed E-state index contributed by atoms with van der Waals surface area (Å²) < 4.78 is 16.9. The molecule has 24 heavy (non-hydrogen) atoms. The molecule has 0 heterocycles. The summed E-state index contributed by atoms with van der Waals surface area (Å²) >= 11 is 6.62. The third-order valence-electron chi connectivity index (χ3n) is 3.05. The van der Waals surface area contributed by atoms with Crippen LogP contribution in [-0.2, 0) is 9.53 Å². The van der Waals surface area contributed by atoms with E-state index < -0.39 is 11.9 Å². The Morgan fingerprint density at radius 1 is 1.00 bits per heavy atom. The van der Waals surface area contributed by atoms with Gasteiger partial charge in [-0.05, 0) is 48.9 Å². The van der Waals surface area contributed by atoms with Crippen molar-refractivity contribution in [1.82, 2.24) is 0 Å². The molecule has 0 aliphatic carbocycles. The lowest BCUT2D eigenvalue weighted by molar-refractivity contribution is -0.136. The maximum Gasteiger partial charge on any atom is 0.349 e. The standard InChI is InChI=1S/C17H14Br2O5/c1-10-7-11(18)3-5-14(10)23-9-16(20)24-15-6-4-12(19)8-13(15)17(21)22-2/h3-8H,9H2,1-2H3. The third-order valence-corrected chi connectivity index (χ3v) is 4.04. The molecule has 0 atom stereocenters. The zero-order chi connectivity index (χ0) is 17.7. The lowest BCUT2D eigenvalue weighted by Crippen LogP contribution is -2.19. The predicted molar refractivity (Wildman–Crippen MR) is 95.5 cm³/mol. The molecular formula is C17H14Br2O5. The molecule has 0 aromatic heterocycles. The highest BCUT2D eigenvalue weighted by atomic mass is 79.9. The third kappa shape index (κ3) is 4.82. The van der Waals surface area contributed by atoms with Crippen molar-refractivity contribution >= 4 is 43.8 Å². The molecule has 0 radical (unpaired) electrons. The van der Waals surface area contributed by atoms with Crippen molar-refractivity contribution in [3.05, 3.63) is 56.5 Å². The fraction of sp³-hybridized carbons (Fsp3) is 0.176. The van der Waals surface area contributed by atoms with Gasteiger partial charge in [-0.1, -0.05) is 31.9 Å². The van der Waals surface area contributed by atoms with Crippen molar-refractivity contribution in [1.29, 1.82) is 0 Å². The SMILES string of the molecule is COC(=O)c1cc(Br)ccc1OC(=O)COc1ccc(Br)cc1C. The smallest absolute Gasteiger partial charge is 0.349 e. The van der Waals surface area contributed by atoms with E-state index in [9.17, 15) is 9.59 Å². The van der Waals surface area contributed by atoms with Crippen molar-refractivity contribution in [2.24, 2.45) is 0 Å². The number of hydrogen-bond acceptors (Lipinski definition) is 5. The van der Waals surface area contributed by atoms with Crippen molar-refractivity contribution < 1.29 is 23.8 Å². The Balaban J connectivity index is 2.06. The van der Waals surface area contributed by atoms with Gasteiger partial charge in [-0.25, -0.2) is 9.59 Å². The minimum absolute atomic E-state index is 0.117. The highest BCUT2D eigenvalue weighted by Gasteiger charge is 2.17. The molecule has 2 rings (SSSR count). The molecule has 0 fully saturated rings. The molecule has 7 heteroatoms. The summed E-state index contributed by atoms with van der Waals surface area (Å²) in [5, 5.41) is 0. The summed E-state index contributed by atoms with van der Waals surface area (Å²) in [6, 6.07) is 10.1. The van der Waals surface area contributed by atoms with Crippen LogP contribution in [0.2, 0.25) is 0 Å². The van der Waals surface area contributed by atoms with E-state index >= 15 is 0 Å². The van der Waals surface area contributed by atoms with E-state index in [2.05, 4.69) is 36.6 Å². The van der Waals surface area contributed by atoms with Crippen molar-refractivity contribution in [2.75, 3.05) is 13.7 Å². The van der Waals surface area contributed by atoms with Crippen molar-refractivity contribution in [2.45, 2.75) is 6.92 Å². The second-order valence-electron chi connectivity index (χ2n) is 4.80. The number of ether oxygens (including phenoxy) is 3. The molecule has 0 N–H and O–H groups in total. The predicted octanol–water partition coefficient (Wildman–Crippen LogP) is 4.29. The fourth-order valence-electron chi connectivity index (χ4n) is 1.92. The van der Waals surface area contributed by atoms with Crippen LogP contribution in [0.1, 0.15) is 15.9 Å². The van der Waals surface area contributed by atoms with Crippen LogP contribution in [0.3, 0.4) is 0 Å². The van der Waals surface area contributed by atoms with Crippen LogP contribution < -0.4 is 9.47 Å². The zero-order valence-corrected chi connectivity index (χ0v) is 16.1. The molecule has 0 bridgehead atoms. The quantitative estimate of drug-likeness (QED) is 0.495. The van der Waals surface area contributed by atoms with Crippen LogP contribution in [0, 0.1) is 6.92 Å². The Labute approximate surface area is 156 Å². The van der Waals surface area contributed by atoms with Gasteiger partial charge in [0.2, 0.25) is 0 Å². The van der Waals surface area contributed by atoms with Gasteiger partial charge >= 0.3 is 11.9 Å². The van der Waals surface area contributed by atoms with Crippen LogP contribution in [0.25, 0.3) is 0 Å². The topological polar surface area (TPSA) is 61.8 Å². The summed E-state index contributed by atoms with van der Waals surface area (Å²) in [6.45, 7) is 1.59. The van der Waals surface area contributed by atoms with Gasteiger partial charge in [0, 0.05) is 8.95 Å². The van der Waals surface area contributed by atoms with Gasteiger partial charge in [0.15, 0.2) is 6.61 Å². The molecule has 2 aromatic carbocycles. The molecule has 0 unspecified atom stereocenters. The Morgan fingerprint density at radius 3 is 2.25 bits per heavy atom. The summed E-state index contributed by atoms with van der Waals surface area (Å²) in [5.41, 5.74) is 1.04. The number of esters is 2. The largest absolute Gasteiger partial charge is 0.482 e. The maximum absolute atomic E-state index is 12.0. The number of carbonyl (C=O) groups is 2. The molecule has 126 valence electrons. The van der Waals surface area contributed by atoms with E-state index in [1.165, 1.54) is 19.2 Å². The number of aryl methyl sites for hydroxylation is 1. The molecule has 0 aliphatic rings. The van der Waals surface area contributed by atoms with Gasteiger partial charge in [0.05, 0.1) is 7.11 Å². The summed E-state index contributed by atoms with van der Waals surface area (Å²) in [7, 11) is 1.26. The van der Waals surface area contributed by atoms with Crippen LogP contribution in [0.4, 0.5) is 0 Å². The van der Waals surface area contributed by atoms with Crippen molar-refractivity contribution in [3.63, 3.8) is 0 Å². The molecular weight excluding hydrogens is 444 g/mol. The molecule has 0 amide bonds. The molecule has 2 aromatic rings. The number of halogens is 2. The summed E-state index contributed by atoms with van der Waals surface area (Å²) in [5.74, 6) is -0.515. The minimum Gasteiger partial charge on any atom is -0.482 e. The Hall–Kier alpha value is -1.86. The van der Waals surface area contributed by atoms with Gasteiger partial charge in [-0.2, -0.15) is 0 Å². The molecule has 0 saturated carbocycles. The lowest BCUT2D eigenvalue weighted by Gasteiger charge is -2.11. The molecule has 5 nitrogen and oxygen atoms in total. The Morgan fingerprint density at radius 2 is 1.62 bits per heavy atom. The first-order chi connectivity index (χ1) is 11.4. The van der Waals surface area contributed by atoms with Gasteiger partial charge in [-0.15, -0.1) is 0 Å². The average molecular weight is 458 g/mol. The zero-order valence-electron chi connectivity index (χ0n) is 13.0. The Kier molecular flexibility index (Phi) is 6.39. The first-order valence-electron chi connectivity index (χ1n) is 6.88. The van der Waals surface area contributed by atoms with Gasteiger partial charge in [0.1, 0.15) is 17.1 Å². The molecule has 0 saturated heterocycles. The van der Waals surface area contributed by atoms with E-state index in [1.807, 2.05) is 19.1 Å². The number of rotatable bonds is 5. The number of methoxy groups -OCH3 is 1. The normalized spacial score (nSPS) is 10.2. The van der Waals surface area contributed by atoms with Crippen LogP contribution >= 0.6 is 31.9 Å².